The molecule has 0 atom stereocenters. The maximum atomic E-state index is 2.57. The minimum absolute atomic E-state index is 0. The van der Waals surface area contributed by atoms with Gasteiger partial charge in [0.1, 0.15) is 0 Å². The van der Waals surface area contributed by atoms with Crippen LogP contribution >= 0.6 is 0 Å². The predicted octanol–water partition coefficient (Wildman–Crippen LogP) is 0.247. The van der Waals surface area contributed by atoms with E-state index >= 15 is 0 Å². The summed E-state index contributed by atoms with van der Waals surface area (Å²) in [7, 11) is 2.02. The average molecular weight is 87.1 g/mol. The van der Waals surface area contributed by atoms with Gasteiger partial charge < -0.3 is 2.85 Å². The predicted molar refractivity (Wildman–Crippen MR) is 26.3 cm³/mol. The van der Waals surface area contributed by atoms with E-state index in [2.05, 4.69) is 23.4 Å². The van der Waals surface area contributed by atoms with Crippen LogP contribution in [0.3, 0.4) is 0 Å². The molecule has 0 aromatic carbocycles. The molecule has 2 heteroatoms. The second-order valence-corrected chi connectivity index (χ2v) is 1.95. The molecule has 5 heavy (non-hydrogen) atoms. The molecule has 0 aromatic rings. The van der Waals surface area contributed by atoms with Gasteiger partial charge in [0.25, 0.3) is 0 Å². The third-order valence-corrected chi connectivity index (χ3v) is 0.864. The van der Waals surface area contributed by atoms with Gasteiger partial charge in [0, 0.05) is 0 Å². The molecule has 0 aliphatic heterocycles. The first kappa shape index (κ1) is 5.49. The van der Waals surface area contributed by atoms with Gasteiger partial charge in [-0.3, -0.25) is 0 Å². The van der Waals surface area contributed by atoms with Crippen LogP contribution in [-0.4, -0.2) is 34.0 Å². The summed E-state index contributed by atoms with van der Waals surface area (Å²) in [5.74, 6) is 0. The Morgan fingerprint density at radius 2 is 2.20 bits per heavy atom. The molecule has 0 saturated heterocycles. The van der Waals surface area contributed by atoms with Crippen LogP contribution in [0, 0.1) is 0 Å². The molecule has 0 saturated carbocycles. The first-order valence-corrected chi connectivity index (χ1v) is 2.25. The molecule has 0 fully saturated rings. The zero-order valence-electron chi connectivity index (χ0n) is 5.73. The van der Waals surface area contributed by atoms with Crippen molar-refractivity contribution in [2.45, 2.75) is 6.92 Å². The molecule has 0 N–H and O–H groups in total. The summed E-state index contributed by atoms with van der Waals surface area (Å²) < 4.78 is 2.04. The van der Waals surface area contributed by atoms with Crippen LogP contribution in [0.1, 0.15) is 9.78 Å². The molecular formula is C3H10AlN. The van der Waals surface area contributed by atoms with Crippen molar-refractivity contribution in [1.82, 2.24) is 3.88 Å². The molecule has 0 heterocycles. The van der Waals surface area contributed by atoms with Gasteiger partial charge in [-0.25, -0.2) is 0 Å². The van der Waals surface area contributed by atoms with E-state index in [1.54, 1.807) is 0 Å². The van der Waals surface area contributed by atoms with Gasteiger partial charge in [-0.05, 0) is 0 Å². The standard InChI is InChI=1S/C3H8N.Al.2H/c1-3-4-2;;;/h3H2,1-2H3;;;/q-1;+3;2*-1. The first-order chi connectivity index (χ1) is 2.27. The molecule has 0 bridgehead atoms. The Bertz CT molecular complexity index is 26.9. The minimum Gasteiger partial charge on any atom is -1.00 e. The van der Waals surface area contributed by atoms with Crippen molar-refractivity contribution in [1.29, 1.82) is 0 Å². The average Bonchev–Trinajstić information content (AvgIpc) is 1.38. The van der Waals surface area contributed by atoms with E-state index in [0.29, 0.717) is 0 Å². The maximum Gasteiger partial charge on any atom is -1.00 e. The molecule has 0 amide bonds. The Kier molecular flexibility index (Phi) is 2.98. The molecule has 0 aliphatic carbocycles. The van der Waals surface area contributed by atoms with E-state index in [9.17, 15) is 0 Å². The smallest absolute Gasteiger partial charge is 1.00 e. The van der Waals surface area contributed by atoms with Crippen LogP contribution < -0.4 is 0 Å². The zero-order chi connectivity index (χ0) is 4.28. The monoisotopic (exact) mass is 87.1 g/mol. The summed E-state index contributed by atoms with van der Waals surface area (Å²) in [5, 5.41) is 0. The van der Waals surface area contributed by atoms with Crippen LogP contribution in [0.2, 0.25) is 0 Å². The van der Waals surface area contributed by atoms with Gasteiger partial charge in [0.2, 0.25) is 0 Å². The molecule has 0 aromatic heterocycles. The van der Waals surface area contributed by atoms with Crippen LogP contribution in [0.15, 0.2) is 0 Å². The SMILES string of the molecule is CC[N](C)[Al+2].[H-].[H-]. The normalized spacial score (nSPS) is 9.80. The van der Waals surface area contributed by atoms with Gasteiger partial charge >= 0.3 is 40.9 Å². The van der Waals surface area contributed by atoms with Crippen molar-refractivity contribution in [3.05, 3.63) is 0 Å². The Hall–Kier alpha value is 0.492. The zero-order valence-corrected chi connectivity index (χ0v) is 4.89. The number of rotatable bonds is 1. The van der Waals surface area contributed by atoms with E-state index in [1.165, 1.54) is 0 Å². The van der Waals surface area contributed by atoms with Crippen molar-refractivity contribution in [2.24, 2.45) is 0 Å². The van der Waals surface area contributed by atoms with Crippen molar-refractivity contribution in [3.63, 3.8) is 0 Å². The van der Waals surface area contributed by atoms with Gasteiger partial charge in [-0.15, -0.1) is 0 Å². The van der Waals surface area contributed by atoms with Crippen LogP contribution in [-0.2, 0) is 0 Å². The van der Waals surface area contributed by atoms with Crippen LogP contribution in [0.25, 0.3) is 0 Å². The van der Waals surface area contributed by atoms with E-state index in [4.69, 9.17) is 0 Å². The van der Waals surface area contributed by atoms with E-state index in [1.807, 2.05) is 10.9 Å². The summed E-state index contributed by atoms with van der Waals surface area (Å²) in [6.07, 6.45) is 0. The van der Waals surface area contributed by atoms with Crippen molar-refractivity contribution in [2.75, 3.05) is 13.6 Å². The van der Waals surface area contributed by atoms with E-state index in [0.717, 1.165) is 6.54 Å². The second kappa shape index (κ2) is 2.72. The number of hydrogen-bond acceptors (Lipinski definition) is 1. The molecular weight excluding hydrogens is 77.0 g/mol. The van der Waals surface area contributed by atoms with Crippen molar-refractivity contribution < 1.29 is 2.85 Å². The van der Waals surface area contributed by atoms with Crippen molar-refractivity contribution >= 4 is 16.5 Å². The van der Waals surface area contributed by atoms with Gasteiger partial charge in [-0.2, -0.15) is 0 Å². The van der Waals surface area contributed by atoms with Crippen LogP contribution in [0.4, 0.5) is 0 Å². The quantitative estimate of drug-likeness (QED) is 0.414. The molecule has 1 nitrogen and oxygen atoms in total. The Labute approximate surface area is 44.6 Å². The van der Waals surface area contributed by atoms with Crippen LogP contribution in [0.5, 0.6) is 0 Å². The fraction of sp³-hybridized carbons (Fsp3) is 1.00. The van der Waals surface area contributed by atoms with Crippen molar-refractivity contribution in [3.8, 4) is 0 Å². The topological polar surface area (TPSA) is 3.24 Å². The van der Waals surface area contributed by atoms with E-state index in [-0.39, 0.29) is 2.85 Å². The fourth-order valence-electron chi connectivity index (χ4n) is 0. The van der Waals surface area contributed by atoms with Gasteiger partial charge in [-0.1, -0.05) is 0 Å². The molecule has 0 unspecified atom stereocenters. The maximum absolute atomic E-state index is 2.57. The summed E-state index contributed by atoms with van der Waals surface area (Å²) in [5.41, 5.74) is 0. The minimum atomic E-state index is 0. The molecule has 30 valence electrons. The summed E-state index contributed by atoms with van der Waals surface area (Å²) in [4.78, 5) is 0. The first-order valence-electron chi connectivity index (χ1n) is 1.73. The van der Waals surface area contributed by atoms with Gasteiger partial charge in [0.15, 0.2) is 0 Å². The Balaban J connectivity index is -0.0000000800. The molecule has 0 rings (SSSR count). The Morgan fingerprint density at radius 1 is 2.00 bits per heavy atom. The number of hydrogen-bond donors (Lipinski definition) is 0. The largest absolute Gasteiger partial charge is 1.00 e. The third-order valence-electron chi connectivity index (χ3n) is 0.499. The molecule has 0 aliphatic rings. The number of nitrogens with zero attached hydrogens (tertiary/aromatic N) is 1. The van der Waals surface area contributed by atoms with E-state index < -0.39 is 0 Å². The fourth-order valence-corrected chi connectivity index (χ4v) is 0. The molecule has 0 spiro atoms. The summed E-state index contributed by atoms with van der Waals surface area (Å²) >= 11 is 2.57. The second-order valence-electron chi connectivity index (χ2n) is 1.07. The molecule has 0 radical (unpaired) electrons. The summed E-state index contributed by atoms with van der Waals surface area (Å²) in [6, 6.07) is 0. The Morgan fingerprint density at radius 3 is 2.20 bits per heavy atom. The van der Waals surface area contributed by atoms with Gasteiger partial charge in [0.05, 0.1) is 0 Å². The summed E-state index contributed by atoms with van der Waals surface area (Å²) in [6.45, 7) is 3.21. The third kappa shape index (κ3) is 4.49.